The molecule has 0 fully saturated rings. The van der Waals surface area contributed by atoms with Crippen LogP contribution in [0.3, 0.4) is 0 Å². The number of unbranched alkanes of at least 4 members (excludes halogenated alkanes) is 6. The lowest BCUT2D eigenvalue weighted by Crippen LogP contribution is -2.21. The van der Waals surface area contributed by atoms with Crippen molar-refractivity contribution in [2.24, 2.45) is 5.41 Å². The molecular formula is C19H28N4. The van der Waals surface area contributed by atoms with Crippen LogP contribution in [0.1, 0.15) is 89.9 Å². The smallest absolute Gasteiger partial charge is 0.0621 e. The van der Waals surface area contributed by atoms with Crippen LogP contribution in [0.15, 0.2) is 0 Å². The van der Waals surface area contributed by atoms with Crippen LogP contribution in [0.2, 0.25) is 0 Å². The van der Waals surface area contributed by atoms with Gasteiger partial charge in [-0.15, -0.1) is 0 Å². The largest absolute Gasteiger partial charge is 0.198 e. The SMILES string of the molecule is N#CCCCCC(CCC#N)(CCCCC#N)CCCCC#N. The van der Waals surface area contributed by atoms with Crippen LogP contribution in [-0.4, -0.2) is 0 Å². The lowest BCUT2D eigenvalue weighted by atomic mass is 9.71. The van der Waals surface area contributed by atoms with E-state index in [1.165, 1.54) is 0 Å². The molecule has 0 heterocycles. The third kappa shape index (κ3) is 11.2. The van der Waals surface area contributed by atoms with Crippen molar-refractivity contribution in [1.82, 2.24) is 0 Å². The second-order valence-corrected chi connectivity index (χ2v) is 6.25. The molecule has 0 rings (SSSR count). The van der Waals surface area contributed by atoms with E-state index in [-0.39, 0.29) is 5.41 Å². The lowest BCUT2D eigenvalue weighted by Gasteiger charge is -2.34. The van der Waals surface area contributed by atoms with Crippen LogP contribution >= 0.6 is 0 Å². The minimum atomic E-state index is 0.149. The first-order valence-electron chi connectivity index (χ1n) is 8.72. The molecule has 0 atom stereocenters. The first-order valence-corrected chi connectivity index (χ1v) is 8.72. The van der Waals surface area contributed by atoms with Gasteiger partial charge in [0.1, 0.15) is 0 Å². The van der Waals surface area contributed by atoms with Gasteiger partial charge in [0.15, 0.2) is 0 Å². The van der Waals surface area contributed by atoms with E-state index in [2.05, 4.69) is 24.3 Å². The summed E-state index contributed by atoms with van der Waals surface area (Å²) in [4.78, 5) is 0. The number of hydrogen-bond acceptors (Lipinski definition) is 4. The molecule has 0 spiro atoms. The van der Waals surface area contributed by atoms with Gasteiger partial charge in [0.2, 0.25) is 0 Å². The Kier molecular flexibility index (Phi) is 13.6. The Hall–Kier alpha value is -2.04. The molecule has 0 bridgehead atoms. The van der Waals surface area contributed by atoms with Gasteiger partial charge >= 0.3 is 0 Å². The fourth-order valence-corrected chi connectivity index (χ4v) is 3.18. The average Bonchev–Trinajstić information content (AvgIpc) is 2.57. The minimum absolute atomic E-state index is 0.149. The van der Waals surface area contributed by atoms with Gasteiger partial charge in [-0.2, -0.15) is 21.0 Å². The Morgan fingerprint density at radius 2 is 0.783 bits per heavy atom. The Bertz CT molecular complexity index is 401. The summed E-state index contributed by atoms with van der Waals surface area (Å²) < 4.78 is 0. The maximum absolute atomic E-state index is 8.98. The van der Waals surface area contributed by atoms with Crippen LogP contribution in [0.4, 0.5) is 0 Å². The summed E-state index contributed by atoms with van der Waals surface area (Å²) in [5.74, 6) is 0. The molecule has 0 aliphatic carbocycles. The molecule has 0 aliphatic heterocycles. The van der Waals surface area contributed by atoms with E-state index in [4.69, 9.17) is 21.0 Å². The molecule has 0 unspecified atom stereocenters. The highest BCUT2D eigenvalue weighted by molar-refractivity contribution is 4.85. The van der Waals surface area contributed by atoms with Crippen LogP contribution < -0.4 is 0 Å². The molecule has 0 aromatic carbocycles. The third-order valence-corrected chi connectivity index (χ3v) is 4.50. The Morgan fingerprint density at radius 3 is 1.09 bits per heavy atom. The van der Waals surface area contributed by atoms with Gasteiger partial charge in [-0.25, -0.2) is 0 Å². The molecule has 4 heteroatoms. The van der Waals surface area contributed by atoms with Crippen LogP contribution in [0, 0.1) is 50.7 Å². The molecule has 0 radical (unpaired) electrons. The number of hydrogen-bond donors (Lipinski definition) is 0. The predicted molar refractivity (Wildman–Crippen MR) is 89.5 cm³/mol. The molecule has 4 nitrogen and oxygen atoms in total. The highest BCUT2D eigenvalue weighted by Gasteiger charge is 2.28. The Balaban J connectivity index is 4.66. The quantitative estimate of drug-likeness (QED) is 0.394. The fourth-order valence-electron chi connectivity index (χ4n) is 3.18. The monoisotopic (exact) mass is 312 g/mol. The molecule has 23 heavy (non-hydrogen) atoms. The van der Waals surface area contributed by atoms with E-state index in [0.29, 0.717) is 25.7 Å². The molecule has 0 saturated carbocycles. The first kappa shape index (κ1) is 21.0. The third-order valence-electron chi connectivity index (χ3n) is 4.50. The van der Waals surface area contributed by atoms with Crippen molar-refractivity contribution in [3.8, 4) is 24.3 Å². The van der Waals surface area contributed by atoms with E-state index in [0.717, 1.165) is 64.2 Å². The van der Waals surface area contributed by atoms with Gasteiger partial charge < -0.3 is 0 Å². The summed E-state index contributed by atoms with van der Waals surface area (Å²) in [5, 5.41) is 35.0. The van der Waals surface area contributed by atoms with Crippen molar-refractivity contribution in [1.29, 1.82) is 21.0 Å². The molecule has 124 valence electrons. The number of rotatable bonds is 14. The summed E-state index contributed by atoms with van der Waals surface area (Å²) in [5.41, 5.74) is 0.149. The van der Waals surface area contributed by atoms with E-state index in [1.807, 2.05) is 0 Å². The zero-order valence-electron chi connectivity index (χ0n) is 14.2. The van der Waals surface area contributed by atoms with Gasteiger partial charge in [-0.05, 0) is 50.4 Å². The molecule has 0 amide bonds. The van der Waals surface area contributed by atoms with Crippen molar-refractivity contribution >= 4 is 0 Å². The number of nitriles is 4. The topological polar surface area (TPSA) is 95.2 Å². The second-order valence-electron chi connectivity index (χ2n) is 6.25. The molecule has 0 N–H and O–H groups in total. The maximum Gasteiger partial charge on any atom is 0.0621 e. The van der Waals surface area contributed by atoms with Gasteiger partial charge in [-0.1, -0.05) is 19.3 Å². The van der Waals surface area contributed by atoms with E-state index < -0.39 is 0 Å². The average molecular weight is 312 g/mol. The molecule has 0 aromatic heterocycles. The van der Waals surface area contributed by atoms with Crippen molar-refractivity contribution < 1.29 is 0 Å². The van der Waals surface area contributed by atoms with Gasteiger partial charge in [0.05, 0.1) is 24.3 Å². The highest BCUT2D eigenvalue weighted by Crippen LogP contribution is 2.41. The van der Waals surface area contributed by atoms with Crippen LogP contribution in [-0.2, 0) is 0 Å². The molecule has 0 saturated heterocycles. The number of nitrogens with zero attached hydrogens (tertiary/aromatic N) is 4. The summed E-state index contributed by atoms with van der Waals surface area (Å²) in [6.07, 6.45) is 12.2. The van der Waals surface area contributed by atoms with E-state index in [9.17, 15) is 0 Å². The van der Waals surface area contributed by atoms with Gasteiger partial charge in [-0.3, -0.25) is 0 Å². The lowest BCUT2D eigenvalue weighted by molar-refractivity contribution is 0.182. The first-order chi connectivity index (χ1) is 11.2. The minimum Gasteiger partial charge on any atom is -0.198 e. The van der Waals surface area contributed by atoms with E-state index >= 15 is 0 Å². The zero-order chi connectivity index (χ0) is 17.2. The zero-order valence-corrected chi connectivity index (χ0v) is 14.2. The summed E-state index contributed by atoms with van der Waals surface area (Å²) in [6, 6.07) is 8.85. The van der Waals surface area contributed by atoms with Gasteiger partial charge in [0, 0.05) is 25.7 Å². The second kappa shape index (κ2) is 14.9. The normalized spacial score (nSPS) is 10.3. The summed E-state index contributed by atoms with van der Waals surface area (Å²) in [7, 11) is 0. The van der Waals surface area contributed by atoms with Crippen LogP contribution in [0.5, 0.6) is 0 Å². The van der Waals surface area contributed by atoms with Gasteiger partial charge in [0.25, 0.3) is 0 Å². The molecule has 0 aliphatic rings. The van der Waals surface area contributed by atoms with E-state index in [1.54, 1.807) is 0 Å². The molecular weight excluding hydrogens is 284 g/mol. The summed E-state index contributed by atoms with van der Waals surface area (Å²) in [6.45, 7) is 0. The van der Waals surface area contributed by atoms with Crippen molar-refractivity contribution in [3.63, 3.8) is 0 Å². The Labute approximate surface area is 141 Å². The highest BCUT2D eigenvalue weighted by atomic mass is 14.3. The standard InChI is InChI=1S/C19H28N4/c20-15-7-1-4-11-19(14-10-18-23,12-5-2-8-16-21)13-6-3-9-17-22/h1-14H2. The van der Waals surface area contributed by atoms with Crippen molar-refractivity contribution in [2.45, 2.75) is 89.9 Å². The van der Waals surface area contributed by atoms with Crippen molar-refractivity contribution in [2.75, 3.05) is 0 Å². The van der Waals surface area contributed by atoms with Crippen LogP contribution in [0.25, 0.3) is 0 Å². The van der Waals surface area contributed by atoms with Crippen molar-refractivity contribution in [3.05, 3.63) is 0 Å². The Morgan fingerprint density at radius 1 is 0.435 bits per heavy atom. The molecule has 0 aromatic rings. The maximum atomic E-state index is 8.98. The fraction of sp³-hybridized carbons (Fsp3) is 0.789. The summed E-state index contributed by atoms with van der Waals surface area (Å²) >= 11 is 0. The predicted octanol–water partition coefficient (Wildman–Crippen LogP) is 5.53.